The Hall–Kier alpha value is -1.51. The molecule has 4 unspecified atom stereocenters. The van der Waals surface area contributed by atoms with Gasteiger partial charge in [0.2, 0.25) is 5.91 Å². The van der Waals surface area contributed by atoms with Crippen molar-refractivity contribution in [1.82, 2.24) is 10.2 Å². The van der Waals surface area contributed by atoms with Crippen LogP contribution in [0.4, 0.5) is 0 Å². The van der Waals surface area contributed by atoms with Crippen molar-refractivity contribution in [1.29, 1.82) is 0 Å². The van der Waals surface area contributed by atoms with Crippen molar-refractivity contribution in [2.75, 3.05) is 63.8 Å². The molecule has 12 nitrogen and oxygen atoms in total. The first kappa shape index (κ1) is 57.6. The normalized spacial score (nSPS) is 20.3. The van der Waals surface area contributed by atoms with Crippen molar-refractivity contribution < 1.29 is 48.6 Å². The van der Waals surface area contributed by atoms with E-state index in [4.69, 9.17) is 29.3 Å². The zero-order valence-electron chi connectivity index (χ0n) is 40.2. The van der Waals surface area contributed by atoms with Crippen molar-refractivity contribution in [2.45, 2.75) is 169 Å². The predicted molar refractivity (Wildman–Crippen MR) is 261 cm³/mol. The number of hydrogen-bond donors (Lipinski definition) is 5. The third kappa shape index (κ3) is 22.2. The Labute approximate surface area is 389 Å². The van der Waals surface area contributed by atoms with Crippen LogP contribution in [0.25, 0.3) is 0 Å². The van der Waals surface area contributed by atoms with Crippen LogP contribution < -0.4 is 14.8 Å². The highest BCUT2D eigenvalue weighted by Gasteiger charge is 2.36. The van der Waals surface area contributed by atoms with E-state index in [2.05, 4.69) is 67.4 Å². The SMILES string of the molecule is OCCO.[CH2-]P(=O)(CC[C@@H]1C[C@@H](O)CN1C(=O)CCCSSCCNC(=O)COc1c(C)c(C)c2c(c1C)CCC(C)(CCCC(C)CCCC(C)CCCC(C)C)O2)OCCO. The maximum atomic E-state index is 12.9. The van der Waals surface area contributed by atoms with E-state index in [0.29, 0.717) is 32.2 Å². The number of aliphatic hydroxyl groups excluding tert-OH is 4. The molecule has 2 heterocycles. The molecule has 0 radical (unpaired) electrons. The molecule has 3 rings (SSSR count). The van der Waals surface area contributed by atoms with E-state index in [1.54, 1.807) is 26.5 Å². The summed E-state index contributed by atoms with van der Waals surface area (Å²) in [5.74, 6) is 5.55. The van der Waals surface area contributed by atoms with E-state index < -0.39 is 13.5 Å². The second-order valence-electron chi connectivity index (χ2n) is 18.7. The number of ether oxygens (including phenoxy) is 2. The van der Waals surface area contributed by atoms with Gasteiger partial charge in [0.25, 0.3) is 5.91 Å². The maximum absolute atomic E-state index is 12.9. The molecule has 366 valence electrons. The quantitative estimate of drug-likeness (QED) is 0.0214. The Morgan fingerprint density at radius 3 is 2.19 bits per heavy atom. The third-order valence-electron chi connectivity index (χ3n) is 12.4. The molecule has 2 aliphatic rings. The largest absolute Gasteiger partial charge is 0.487 e. The third-order valence-corrected chi connectivity index (χ3v) is 16.5. The number of likely N-dealkylation sites (tertiary alicyclic amines) is 1. The van der Waals surface area contributed by atoms with E-state index in [0.717, 1.165) is 76.7 Å². The Morgan fingerprint density at radius 1 is 0.921 bits per heavy atom. The fourth-order valence-corrected chi connectivity index (χ4v) is 11.8. The molecular weight excluding hydrogens is 860 g/mol. The lowest BCUT2D eigenvalue weighted by molar-refractivity contribution is -0.132. The van der Waals surface area contributed by atoms with Gasteiger partial charge in [-0.15, -0.1) is 0 Å². The number of nitrogens with one attached hydrogen (secondary N) is 1. The molecule has 63 heavy (non-hydrogen) atoms. The van der Waals surface area contributed by atoms with Gasteiger partial charge in [-0.2, -0.15) is 0 Å². The Bertz CT molecular complexity index is 1530. The fourth-order valence-electron chi connectivity index (χ4n) is 8.53. The number of nitrogens with zero attached hydrogens (tertiary/aromatic N) is 1. The first-order valence-electron chi connectivity index (χ1n) is 23.7. The molecule has 2 amide bonds. The zero-order valence-corrected chi connectivity index (χ0v) is 42.7. The van der Waals surface area contributed by atoms with E-state index in [9.17, 15) is 19.3 Å². The molecular formula is C48H86N2O10PS2-. The number of aliphatic hydroxyl groups is 4. The lowest BCUT2D eigenvalue weighted by Crippen LogP contribution is -2.37. The summed E-state index contributed by atoms with van der Waals surface area (Å²) < 4.78 is 30.6. The van der Waals surface area contributed by atoms with Crippen LogP contribution in [0.15, 0.2) is 0 Å². The predicted octanol–water partition coefficient (Wildman–Crippen LogP) is 9.19. The second-order valence-corrected chi connectivity index (χ2v) is 23.8. The maximum Gasteiger partial charge on any atom is 0.257 e. The van der Waals surface area contributed by atoms with Gasteiger partial charge in [0.1, 0.15) is 17.1 Å². The Morgan fingerprint density at radius 2 is 1.56 bits per heavy atom. The van der Waals surface area contributed by atoms with E-state index in [1.165, 1.54) is 56.9 Å². The number of carbonyl (C=O) groups is 2. The monoisotopic (exact) mass is 946 g/mol. The summed E-state index contributed by atoms with van der Waals surface area (Å²) in [6.45, 7) is 21.9. The van der Waals surface area contributed by atoms with E-state index in [-0.39, 0.29) is 69.2 Å². The van der Waals surface area contributed by atoms with Crippen molar-refractivity contribution in [2.24, 2.45) is 17.8 Å². The first-order valence-corrected chi connectivity index (χ1v) is 28.2. The number of rotatable bonds is 30. The number of carbonyl (C=O) groups excluding carboxylic acids is 2. The molecule has 2 aliphatic heterocycles. The molecule has 6 atom stereocenters. The van der Waals surface area contributed by atoms with E-state index in [1.807, 2.05) is 0 Å². The van der Waals surface area contributed by atoms with Gasteiger partial charge >= 0.3 is 0 Å². The summed E-state index contributed by atoms with van der Waals surface area (Å²) in [6.07, 6.45) is 15.1. The van der Waals surface area contributed by atoms with Crippen molar-refractivity contribution >= 4 is 40.8 Å². The molecule has 0 aliphatic carbocycles. The number of hydrogen-bond acceptors (Lipinski definition) is 12. The van der Waals surface area contributed by atoms with Crippen LogP contribution >= 0.6 is 29.0 Å². The molecule has 0 aromatic heterocycles. The van der Waals surface area contributed by atoms with Crippen LogP contribution in [0.5, 0.6) is 11.5 Å². The van der Waals surface area contributed by atoms with Gasteiger partial charge in [0.05, 0.1) is 39.9 Å². The molecule has 0 bridgehead atoms. The summed E-state index contributed by atoms with van der Waals surface area (Å²) in [6, 6.07) is -0.193. The van der Waals surface area contributed by atoms with Crippen LogP contribution in [-0.2, 0) is 25.1 Å². The summed E-state index contributed by atoms with van der Waals surface area (Å²) in [5, 5.41) is 37.3. The second kappa shape index (κ2) is 30.7. The molecule has 0 saturated carbocycles. The Kier molecular flexibility index (Phi) is 28.1. The van der Waals surface area contributed by atoms with Crippen LogP contribution in [0.2, 0.25) is 0 Å². The summed E-state index contributed by atoms with van der Waals surface area (Å²) in [7, 11) is 0.229. The average Bonchev–Trinajstić information content (AvgIpc) is 3.62. The molecule has 5 N–H and O–H groups in total. The van der Waals surface area contributed by atoms with E-state index >= 15 is 0 Å². The highest BCUT2D eigenvalue weighted by molar-refractivity contribution is 8.76. The van der Waals surface area contributed by atoms with Gasteiger partial charge in [-0.3, -0.25) is 16.3 Å². The topological polar surface area (TPSA) is 175 Å². The van der Waals surface area contributed by atoms with Gasteiger partial charge < -0.3 is 49.2 Å². The molecule has 1 fully saturated rings. The van der Waals surface area contributed by atoms with Crippen LogP contribution in [0.3, 0.4) is 0 Å². The number of benzene rings is 1. The first-order chi connectivity index (χ1) is 29.9. The van der Waals surface area contributed by atoms with Gasteiger partial charge in [0, 0.05) is 42.6 Å². The van der Waals surface area contributed by atoms with Crippen LogP contribution in [0, 0.1) is 45.2 Å². The minimum Gasteiger partial charge on any atom is -0.487 e. The molecule has 15 heteroatoms. The van der Waals surface area contributed by atoms with Crippen LogP contribution in [-0.4, -0.2) is 119 Å². The Balaban J connectivity index is 0.00000326. The minimum absolute atomic E-state index is 0.0146. The summed E-state index contributed by atoms with van der Waals surface area (Å²) in [5.41, 5.74) is 4.23. The number of amides is 2. The average molecular weight is 946 g/mol. The fraction of sp³-hybridized carbons (Fsp3) is 0.812. The van der Waals surface area contributed by atoms with Gasteiger partial charge in [0.15, 0.2) is 6.61 Å². The number of fused-ring (bicyclic) bond motifs is 1. The smallest absolute Gasteiger partial charge is 0.257 e. The lowest BCUT2D eigenvalue weighted by Gasteiger charge is -2.38. The molecule has 1 aromatic rings. The van der Waals surface area contributed by atoms with Crippen molar-refractivity contribution in [3.05, 3.63) is 28.9 Å². The van der Waals surface area contributed by atoms with Gasteiger partial charge in [-0.05, 0) is 113 Å². The number of β-amino-alcohol motifs (C(OH)–C–C–N with tert-alkyl or cyclic N) is 1. The molecule has 1 aromatic carbocycles. The lowest BCUT2D eigenvalue weighted by atomic mass is 9.83. The summed E-state index contributed by atoms with van der Waals surface area (Å²) in [4.78, 5) is 27.4. The van der Waals surface area contributed by atoms with Crippen molar-refractivity contribution in [3.63, 3.8) is 0 Å². The standard InChI is InChI=1S/C46H80N2O8PS2.C2H6O2/c1-33(2)14-10-15-34(3)16-11-17-35(4)18-12-22-46(8)23-20-41-38(7)44(36(5)37(6)45(41)56-46)54-32-42(51)47-24-29-59-58-28-13-19-43(52)48-31-40(50)30-39(48)21-27-57(9,53)55-26-25-49;3-1-2-4/h33-35,39-40,49-50H,9-32H2,1-8H3,(H,47,51);3-4H,1-2H2/q-1;/t34?,35?,39-,40-,46?,57?;/m1./s1. The van der Waals surface area contributed by atoms with Gasteiger partial charge in [-0.1, -0.05) is 94.2 Å². The highest BCUT2D eigenvalue weighted by Crippen LogP contribution is 2.47. The molecule has 0 spiro atoms. The zero-order chi connectivity index (χ0) is 47.0. The van der Waals surface area contributed by atoms with Gasteiger partial charge in [-0.25, -0.2) is 0 Å². The highest BCUT2D eigenvalue weighted by atomic mass is 33.1. The summed E-state index contributed by atoms with van der Waals surface area (Å²) >= 11 is 0. The minimum atomic E-state index is -3.10. The van der Waals surface area contributed by atoms with Crippen molar-refractivity contribution in [3.8, 4) is 11.5 Å². The molecule has 1 saturated heterocycles. The van der Waals surface area contributed by atoms with Crippen LogP contribution in [0.1, 0.15) is 147 Å².